The number of carbonyl (C=O) groups is 1. The van der Waals surface area contributed by atoms with Crippen molar-refractivity contribution < 1.29 is 13.2 Å². The van der Waals surface area contributed by atoms with Crippen LogP contribution in [0.25, 0.3) is 0 Å². The first-order valence-electron chi connectivity index (χ1n) is 8.55. The fraction of sp³-hybridized carbons (Fsp3) is 0.611. The number of likely N-dealkylation sites (tertiary alicyclic amines) is 1. The molecule has 1 aliphatic heterocycles. The number of thioether (sulfide) groups is 1. The standard InChI is InChI=1S/C18H27NO3S2/c1-15(2)14-24(21,22)17-8-11-19(12-9-17)18(20)10-13-23-16-6-4-3-5-7-16/h3-7,15,17H,8-14H2,1-2H3. The summed E-state index contributed by atoms with van der Waals surface area (Å²) >= 11 is 1.68. The molecule has 0 radical (unpaired) electrons. The van der Waals surface area contributed by atoms with Crippen molar-refractivity contribution in [1.29, 1.82) is 0 Å². The summed E-state index contributed by atoms with van der Waals surface area (Å²) in [5, 5.41) is -0.275. The normalized spacial score (nSPS) is 16.5. The van der Waals surface area contributed by atoms with Gasteiger partial charge in [-0.2, -0.15) is 0 Å². The van der Waals surface area contributed by atoms with E-state index >= 15 is 0 Å². The summed E-state index contributed by atoms with van der Waals surface area (Å²) in [6.45, 7) is 4.99. The molecule has 134 valence electrons. The van der Waals surface area contributed by atoms with E-state index in [-0.39, 0.29) is 22.8 Å². The molecule has 0 aromatic heterocycles. The van der Waals surface area contributed by atoms with Crippen molar-refractivity contribution in [3.05, 3.63) is 30.3 Å². The molecule has 1 saturated heterocycles. The number of nitrogens with zero attached hydrogens (tertiary/aromatic N) is 1. The van der Waals surface area contributed by atoms with Gasteiger partial charge in [-0.15, -0.1) is 11.8 Å². The first kappa shape index (κ1) is 19.3. The molecule has 0 spiro atoms. The summed E-state index contributed by atoms with van der Waals surface area (Å²) in [6, 6.07) is 10.0. The summed E-state index contributed by atoms with van der Waals surface area (Å²) in [6.07, 6.45) is 1.65. The molecule has 1 aliphatic rings. The van der Waals surface area contributed by atoms with Gasteiger partial charge in [-0.3, -0.25) is 4.79 Å². The molecular weight excluding hydrogens is 342 g/mol. The molecule has 0 bridgehead atoms. The van der Waals surface area contributed by atoms with Crippen LogP contribution in [0.2, 0.25) is 0 Å². The number of amides is 1. The maximum atomic E-state index is 12.3. The third kappa shape index (κ3) is 5.81. The van der Waals surface area contributed by atoms with Gasteiger partial charge in [0.2, 0.25) is 5.91 Å². The zero-order valence-corrected chi connectivity index (χ0v) is 16.1. The molecule has 0 aliphatic carbocycles. The molecule has 0 saturated carbocycles. The van der Waals surface area contributed by atoms with Crippen molar-refractivity contribution in [2.24, 2.45) is 5.92 Å². The Labute approximate surface area is 149 Å². The number of piperidine rings is 1. The second-order valence-electron chi connectivity index (χ2n) is 6.72. The number of rotatable bonds is 7. The Balaban J connectivity index is 1.74. The molecule has 1 aromatic carbocycles. The van der Waals surface area contributed by atoms with E-state index < -0.39 is 9.84 Å². The number of carbonyl (C=O) groups excluding carboxylic acids is 1. The van der Waals surface area contributed by atoms with E-state index in [0.29, 0.717) is 32.4 Å². The van der Waals surface area contributed by atoms with Gasteiger partial charge in [0, 0.05) is 30.2 Å². The van der Waals surface area contributed by atoms with Crippen LogP contribution < -0.4 is 0 Å². The Morgan fingerprint density at radius 1 is 1.21 bits per heavy atom. The van der Waals surface area contributed by atoms with Crippen LogP contribution in [0.3, 0.4) is 0 Å². The molecule has 0 N–H and O–H groups in total. The fourth-order valence-electron chi connectivity index (χ4n) is 3.00. The number of hydrogen-bond acceptors (Lipinski definition) is 4. The highest BCUT2D eigenvalue weighted by Crippen LogP contribution is 2.22. The van der Waals surface area contributed by atoms with Crippen LogP contribution in [-0.2, 0) is 14.6 Å². The molecule has 1 fully saturated rings. The van der Waals surface area contributed by atoms with Crippen LogP contribution in [0.1, 0.15) is 33.1 Å². The van der Waals surface area contributed by atoms with E-state index in [4.69, 9.17) is 0 Å². The second kappa shape index (κ2) is 8.90. The van der Waals surface area contributed by atoms with Crippen LogP contribution in [0, 0.1) is 5.92 Å². The van der Waals surface area contributed by atoms with Crippen LogP contribution in [0.4, 0.5) is 0 Å². The van der Waals surface area contributed by atoms with Crippen molar-refractivity contribution in [3.8, 4) is 0 Å². The minimum Gasteiger partial charge on any atom is -0.343 e. The van der Waals surface area contributed by atoms with Gasteiger partial charge in [-0.25, -0.2) is 8.42 Å². The lowest BCUT2D eigenvalue weighted by Crippen LogP contribution is -2.43. The highest BCUT2D eigenvalue weighted by atomic mass is 32.2. The minimum absolute atomic E-state index is 0.137. The highest BCUT2D eigenvalue weighted by molar-refractivity contribution is 7.99. The molecule has 4 nitrogen and oxygen atoms in total. The zero-order chi connectivity index (χ0) is 17.6. The molecule has 2 rings (SSSR count). The Hall–Kier alpha value is -1.01. The lowest BCUT2D eigenvalue weighted by atomic mass is 10.1. The molecule has 0 unspecified atom stereocenters. The molecule has 24 heavy (non-hydrogen) atoms. The summed E-state index contributed by atoms with van der Waals surface area (Å²) in [5.74, 6) is 1.30. The van der Waals surface area contributed by atoms with E-state index in [9.17, 15) is 13.2 Å². The highest BCUT2D eigenvalue weighted by Gasteiger charge is 2.31. The van der Waals surface area contributed by atoms with Crippen LogP contribution in [0.5, 0.6) is 0 Å². The van der Waals surface area contributed by atoms with Crippen molar-refractivity contribution in [2.45, 2.75) is 43.3 Å². The summed E-state index contributed by atoms with van der Waals surface area (Å²) < 4.78 is 24.6. The van der Waals surface area contributed by atoms with Crippen molar-refractivity contribution in [2.75, 3.05) is 24.6 Å². The maximum absolute atomic E-state index is 12.3. The Morgan fingerprint density at radius 2 is 1.83 bits per heavy atom. The number of hydrogen-bond donors (Lipinski definition) is 0. The van der Waals surface area contributed by atoms with Gasteiger partial charge >= 0.3 is 0 Å². The molecule has 1 amide bonds. The smallest absolute Gasteiger partial charge is 0.223 e. The van der Waals surface area contributed by atoms with Gasteiger partial charge in [0.25, 0.3) is 0 Å². The summed E-state index contributed by atoms with van der Waals surface area (Å²) in [4.78, 5) is 15.3. The summed E-state index contributed by atoms with van der Waals surface area (Å²) in [7, 11) is -3.03. The molecular formula is C18H27NO3S2. The third-order valence-electron chi connectivity index (χ3n) is 4.20. The lowest BCUT2D eigenvalue weighted by molar-refractivity contribution is -0.131. The number of benzene rings is 1. The average molecular weight is 370 g/mol. The van der Waals surface area contributed by atoms with Gasteiger partial charge in [0.05, 0.1) is 11.0 Å². The van der Waals surface area contributed by atoms with E-state index in [1.165, 1.54) is 4.90 Å². The van der Waals surface area contributed by atoms with Crippen molar-refractivity contribution in [1.82, 2.24) is 4.90 Å². The molecule has 1 aromatic rings. The molecule has 0 atom stereocenters. The quantitative estimate of drug-likeness (QED) is 0.693. The SMILES string of the molecule is CC(C)CS(=O)(=O)C1CCN(C(=O)CCSc2ccccc2)CC1. The van der Waals surface area contributed by atoms with Crippen LogP contribution in [0.15, 0.2) is 35.2 Å². The maximum Gasteiger partial charge on any atom is 0.223 e. The average Bonchev–Trinajstić information content (AvgIpc) is 2.55. The summed E-state index contributed by atoms with van der Waals surface area (Å²) in [5.41, 5.74) is 0. The zero-order valence-electron chi connectivity index (χ0n) is 14.5. The van der Waals surface area contributed by atoms with Gasteiger partial charge < -0.3 is 4.90 Å². The monoisotopic (exact) mass is 369 g/mol. The number of sulfone groups is 1. The van der Waals surface area contributed by atoms with Gasteiger partial charge in [0.1, 0.15) is 0 Å². The van der Waals surface area contributed by atoms with Gasteiger partial charge in [-0.05, 0) is 30.9 Å². The molecule has 6 heteroatoms. The Kier molecular flexibility index (Phi) is 7.16. The van der Waals surface area contributed by atoms with Crippen molar-refractivity contribution >= 4 is 27.5 Å². The fourth-order valence-corrected chi connectivity index (χ4v) is 5.99. The molecule has 1 heterocycles. The first-order valence-corrected chi connectivity index (χ1v) is 11.3. The largest absolute Gasteiger partial charge is 0.343 e. The van der Waals surface area contributed by atoms with Crippen LogP contribution >= 0.6 is 11.8 Å². The van der Waals surface area contributed by atoms with Crippen LogP contribution in [-0.4, -0.2) is 49.1 Å². The van der Waals surface area contributed by atoms with Gasteiger partial charge in [0.15, 0.2) is 9.84 Å². The topological polar surface area (TPSA) is 54.5 Å². The lowest BCUT2D eigenvalue weighted by Gasteiger charge is -2.32. The van der Waals surface area contributed by atoms with E-state index in [1.807, 2.05) is 49.1 Å². The van der Waals surface area contributed by atoms with Crippen molar-refractivity contribution in [3.63, 3.8) is 0 Å². The Morgan fingerprint density at radius 3 is 2.42 bits per heavy atom. The predicted molar refractivity (Wildman–Crippen MR) is 100 cm³/mol. The van der Waals surface area contributed by atoms with E-state index in [0.717, 1.165) is 5.75 Å². The Bertz CT molecular complexity index is 621. The van der Waals surface area contributed by atoms with E-state index in [2.05, 4.69) is 0 Å². The minimum atomic E-state index is -3.03. The second-order valence-corrected chi connectivity index (χ2v) is 10.2. The first-order chi connectivity index (χ1) is 11.4. The van der Waals surface area contributed by atoms with E-state index in [1.54, 1.807) is 11.8 Å². The third-order valence-corrected chi connectivity index (χ3v) is 7.83. The predicted octanol–water partition coefficient (Wildman–Crippen LogP) is 3.23. The van der Waals surface area contributed by atoms with Gasteiger partial charge in [-0.1, -0.05) is 32.0 Å².